The number of aliphatic imine (C=N–C) groups is 1. The number of hydrogen-bond donors (Lipinski definition) is 2. The van der Waals surface area contributed by atoms with Gasteiger partial charge in [0, 0.05) is 42.8 Å². The van der Waals surface area contributed by atoms with Crippen LogP contribution in [0.1, 0.15) is 52.5 Å². The largest absolute Gasteiger partial charge is 0.495 e. The number of nitriles is 1. The molecule has 9 nitrogen and oxygen atoms in total. The molecule has 1 saturated carbocycles. The maximum Gasteiger partial charge on any atom is 0.211 e. The number of amides is 1. The summed E-state index contributed by atoms with van der Waals surface area (Å²) in [4.78, 5) is 20.7. The van der Waals surface area contributed by atoms with Crippen LogP contribution in [0.5, 0.6) is 11.5 Å². The number of aliphatic hydroxyl groups is 1. The predicted molar refractivity (Wildman–Crippen MR) is 136 cm³/mol. The molecule has 1 aromatic carbocycles. The fourth-order valence-electron chi connectivity index (χ4n) is 6.68. The first kappa shape index (κ1) is 26.0. The molecule has 2 heterocycles. The van der Waals surface area contributed by atoms with Crippen molar-refractivity contribution in [3.8, 4) is 17.6 Å². The first-order valence-corrected chi connectivity index (χ1v) is 12.5. The summed E-state index contributed by atoms with van der Waals surface area (Å²) in [6, 6.07) is 7.42. The number of hydrogen-bond acceptors (Lipinski definition) is 8. The minimum absolute atomic E-state index is 0.201. The fraction of sp³-hybridized carbons (Fsp3) is 0.593. The minimum atomic E-state index is -0.828. The lowest BCUT2D eigenvalue weighted by molar-refractivity contribution is -0.314. The van der Waals surface area contributed by atoms with E-state index in [1.165, 1.54) is 0 Å². The Balaban J connectivity index is 1.79. The molecule has 2 fully saturated rings. The normalized spacial score (nSPS) is 24.8. The van der Waals surface area contributed by atoms with E-state index in [1.54, 1.807) is 31.5 Å². The second kappa shape index (κ2) is 9.75. The molecular weight excluding hydrogens is 458 g/mol. The Bertz CT molecular complexity index is 1070. The van der Waals surface area contributed by atoms with Gasteiger partial charge in [-0.2, -0.15) is 5.26 Å². The maximum absolute atomic E-state index is 11.3. The second-order valence-corrected chi connectivity index (χ2v) is 11.2. The Hall–Kier alpha value is -3.09. The van der Waals surface area contributed by atoms with E-state index in [-0.39, 0.29) is 23.7 Å². The van der Waals surface area contributed by atoms with Gasteiger partial charge in [0.1, 0.15) is 17.6 Å². The van der Waals surface area contributed by atoms with E-state index in [2.05, 4.69) is 48.9 Å². The highest BCUT2D eigenvalue weighted by atomic mass is 16.5. The number of carbonyl (C=O) groups is 1. The predicted octanol–water partition coefficient (Wildman–Crippen LogP) is 3.06. The molecule has 1 unspecified atom stereocenters. The molecule has 9 heteroatoms. The van der Waals surface area contributed by atoms with Crippen LogP contribution in [0.15, 0.2) is 35.1 Å². The van der Waals surface area contributed by atoms with Gasteiger partial charge in [0.2, 0.25) is 6.41 Å². The van der Waals surface area contributed by atoms with E-state index in [4.69, 9.17) is 14.5 Å². The van der Waals surface area contributed by atoms with Crippen LogP contribution in [0.4, 0.5) is 0 Å². The van der Waals surface area contributed by atoms with Crippen molar-refractivity contribution < 1.29 is 19.4 Å². The van der Waals surface area contributed by atoms with Gasteiger partial charge in [-0.05, 0) is 37.3 Å². The van der Waals surface area contributed by atoms with Crippen LogP contribution in [0, 0.1) is 28.1 Å². The summed E-state index contributed by atoms with van der Waals surface area (Å²) in [5.41, 5.74) is -0.365. The summed E-state index contributed by atoms with van der Waals surface area (Å²) in [5.74, 6) is 1.36. The summed E-state index contributed by atoms with van der Waals surface area (Å²) in [6.45, 7) is 10.6. The Kier molecular flexibility index (Phi) is 7.04. The number of nitrogens with zero attached hydrogens (tertiary/aromatic N) is 4. The summed E-state index contributed by atoms with van der Waals surface area (Å²) in [5, 5.41) is 21.8. The molecule has 2 N–H and O–H groups in total. The fourth-order valence-corrected chi connectivity index (χ4v) is 6.68. The van der Waals surface area contributed by atoms with Crippen molar-refractivity contribution in [2.45, 2.75) is 59.0 Å². The summed E-state index contributed by atoms with van der Waals surface area (Å²) < 4.78 is 12.4. The SMILES string of the molecule is COc1cc(OC2(N3C=C(NC=O)C=NC3N3CCC(CO)CC3)C(C)(C)CC2(C)C)ccc1C#N. The zero-order valence-electron chi connectivity index (χ0n) is 21.8. The lowest BCUT2D eigenvalue weighted by atomic mass is 9.48. The smallest absolute Gasteiger partial charge is 0.211 e. The molecule has 0 radical (unpaired) electrons. The number of allylic oxidation sites excluding steroid dienone is 1. The van der Waals surface area contributed by atoms with Crippen molar-refractivity contribution in [2.24, 2.45) is 21.7 Å². The number of ether oxygens (including phenoxy) is 2. The van der Waals surface area contributed by atoms with Gasteiger partial charge in [-0.3, -0.25) is 14.7 Å². The number of aliphatic hydroxyl groups excluding tert-OH is 1. The first-order chi connectivity index (χ1) is 17.1. The van der Waals surface area contributed by atoms with Crippen LogP contribution in [0.2, 0.25) is 0 Å². The molecule has 1 atom stereocenters. The Morgan fingerprint density at radius 2 is 1.94 bits per heavy atom. The maximum atomic E-state index is 11.3. The van der Waals surface area contributed by atoms with Gasteiger partial charge in [-0.15, -0.1) is 0 Å². The van der Waals surface area contributed by atoms with E-state index in [0.29, 0.717) is 35.1 Å². The monoisotopic (exact) mass is 495 g/mol. The molecule has 1 aromatic rings. The van der Waals surface area contributed by atoms with Gasteiger partial charge in [-0.25, -0.2) is 0 Å². The summed E-state index contributed by atoms with van der Waals surface area (Å²) in [6.07, 6.45) is 6.66. The third-order valence-electron chi connectivity index (χ3n) is 7.97. The number of methoxy groups -OCH3 is 1. The van der Waals surface area contributed by atoms with E-state index in [0.717, 1.165) is 32.4 Å². The van der Waals surface area contributed by atoms with Crippen molar-refractivity contribution in [1.29, 1.82) is 5.26 Å². The molecule has 1 amide bonds. The molecule has 0 bridgehead atoms. The van der Waals surface area contributed by atoms with E-state index in [9.17, 15) is 15.2 Å². The number of carbonyl (C=O) groups excluding carboxylic acids is 1. The number of nitrogens with one attached hydrogen (secondary N) is 1. The molecule has 3 aliphatic rings. The van der Waals surface area contributed by atoms with Crippen molar-refractivity contribution >= 4 is 12.6 Å². The molecule has 0 aromatic heterocycles. The highest BCUT2D eigenvalue weighted by Crippen LogP contribution is 2.65. The van der Waals surface area contributed by atoms with Crippen molar-refractivity contribution in [2.75, 3.05) is 26.8 Å². The van der Waals surface area contributed by atoms with Crippen LogP contribution >= 0.6 is 0 Å². The zero-order valence-corrected chi connectivity index (χ0v) is 21.8. The van der Waals surface area contributed by atoms with Gasteiger partial charge < -0.3 is 24.8 Å². The molecule has 2 aliphatic heterocycles. The number of rotatable bonds is 8. The van der Waals surface area contributed by atoms with Crippen LogP contribution in [-0.2, 0) is 4.79 Å². The van der Waals surface area contributed by atoms with Crippen molar-refractivity contribution in [3.05, 3.63) is 35.7 Å². The van der Waals surface area contributed by atoms with Gasteiger partial charge in [0.15, 0.2) is 12.0 Å². The molecule has 194 valence electrons. The summed E-state index contributed by atoms with van der Waals surface area (Å²) >= 11 is 0. The van der Waals surface area contributed by atoms with Crippen LogP contribution < -0.4 is 14.8 Å². The average molecular weight is 496 g/mol. The highest BCUT2D eigenvalue weighted by molar-refractivity contribution is 5.82. The van der Waals surface area contributed by atoms with Gasteiger partial charge in [0.25, 0.3) is 0 Å². The van der Waals surface area contributed by atoms with Crippen LogP contribution in [0.3, 0.4) is 0 Å². The lowest BCUT2D eigenvalue weighted by Crippen LogP contribution is -2.79. The number of piperidine rings is 1. The van der Waals surface area contributed by atoms with E-state index < -0.39 is 5.72 Å². The quantitative estimate of drug-likeness (QED) is 0.533. The third kappa shape index (κ3) is 4.22. The Morgan fingerprint density at radius 1 is 1.25 bits per heavy atom. The first-order valence-electron chi connectivity index (χ1n) is 12.5. The Morgan fingerprint density at radius 3 is 2.50 bits per heavy atom. The Labute approximate surface area is 213 Å². The van der Waals surface area contributed by atoms with Gasteiger partial charge in [-0.1, -0.05) is 27.7 Å². The third-order valence-corrected chi connectivity index (χ3v) is 7.97. The zero-order chi connectivity index (χ0) is 26.1. The van der Waals surface area contributed by atoms with E-state index >= 15 is 0 Å². The number of likely N-dealkylation sites (tertiary alicyclic amines) is 1. The molecule has 1 saturated heterocycles. The molecule has 0 spiro atoms. The average Bonchev–Trinajstić information content (AvgIpc) is 2.86. The van der Waals surface area contributed by atoms with Gasteiger partial charge in [0.05, 0.1) is 24.6 Å². The van der Waals surface area contributed by atoms with Crippen LogP contribution in [0.25, 0.3) is 0 Å². The van der Waals surface area contributed by atoms with Crippen molar-refractivity contribution in [3.63, 3.8) is 0 Å². The topological polar surface area (TPSA) is 110 Å². The standard InChI is InChI=1S/C27H37N5O4/c1-25(2)17-26(3,4)27(25,36-22-7-6-20(13-28)23(12-22)35-5)32-15-21(30-18-34)14-29-24(32)31-10-8-19(16-33)9-11-31/h6-7,12,14-15,18-19,24,33H,8-11,16-17H2,1-5H3,(H,30,34). The minimum Gasteiger partial charge on any atom is -0.495 e. The molecule has 1 aliphatic carbocycles. The molecule has 36 heavy (non-hydrogen) atoms. The van der Waals surface area contributed by atoms with Crippen LogP contribution in [-0.4, -0.2) is 66.4 Å². The number of benzene rings is 1. The summed E-state index contributed by atoms with van der Waals surface area (Å²) in [7, 11) is 1.54. The molecule has 4 rings (SSSR count). The van der Waals surface area contributed by atoms with E-state index in [1.807, 2.05) is 6.20 Å². The second-order valence-electron chi connectivity index (χ2n) is 11.2. The highest BCUT2D eigenvalue weighted by Gasteiger charge is 2.72. The lowest BCUT2D eigenvalue weighted by Gasteiger charge is -2.70. The molecular formula is C27H37N5O4. The van der Waals surface area contributed by atoms with Crippen molar-refractivity contribution in [1.82, 2.24) is 15.1 Å². The van der Waals surface area contributed by atoms with Gasteiger partial charge >= 0.3 is 0 Å².